The fraction of sp³-hybridized carbons (Fsp3) is 1.00. The molecule has 1 aliphatic heterocycles. The van der Waals surface area contributed by atoms with E-state index in [-0.39, 0.29) is 0 Å². The maximum Gasteiger partial charge on any atom is 0.211 e. The lowest BCUT2D eigenvalue weighted by Crippen LogP contribution is -2.45. The van der Waals surface area contributed by atoms with Crippen molar-refractivity contribution in [2.24, 2.45) is 5.92 Å². The van der Waals surface area contributed by atoms with Crippen molar-refractivity contribution in [3.05, 3.63) is 0 Å². The Hall–Kier alpha value is -0.170. The van der Waals surface area contributed by atoms with Gasteiger partial charge in [0.15, 0.2) is 0 Å². The minimum absolute atomic E-state index is 0.437. The van der Waals surface area contributed by atoms with E-state index in [9.17, 15) is 8.42 Å². The Kier molecular flexibility index (Phi) is 5.85. The van der Waals surface area contributed by atoms with Gasteiger partial charge in [0.25, 0.3) is 0 Å². The molecule has 0 aromatic heterocycles. The van der Waals surface area contributed by atoms with Crippen molar-refractivity contribution in [1.29, 1.82) is 0 Å². The lowest BCUT2D eigenvalue weighted by molar-refractivity contribution is 0.154. The van der Waals surface area contributed by atoms with Crippen LogP contribution in [0, 0.1) is 5.92 Å². The van der Waals surface area contributed by atoms with Crippen molar-refractivity contribution in [1.82, 2.24) is 9.62 Å². The number of piperidine rings is 1. The largest absolute Gasteiger partial charge is 0.384 e. The maximum atomic E-state index is 11.3. The summed E-state index contributed by atoms with van der Waals surface area (Å²) in [6.45, 7) is 5.10. The molecular formula is C11H24N2O3S. The van der Waals surface area contributed by atoms with Crippen molar-refractivity contribution in [3.8, 4) is 0 Å². The molecule has 0 spiro atoms. The third-order valence-corrected chi connectivity index (χ3v) is 4.43. The molecule has 1 heterocycles. The van der Waals surface area contributed by atoms with Gasteiger partial charge in [-0.25, -0.2) is 12.7 Å². The molecule has 0 saturated carbocycles. The number of sulfonamides is 1. The first kappa shape index (κ1) is 14.9. The first-order valence-corrected chi connectivity index (χ1v) is 7.95. The minimum Gasteiger partial charge on any atom is -0.384 e. The number of hydrogen-bond donors (Lipinski definition) is 1. The number of hydrogen-bond acceptors (Lipinski definition) is 4. The smallest absolute Gasteiger partial charge is 0.211 e. The second kappa shape index (κ2) is 6.68. The van der Waals surface area contributed by atoms with Crippen LogP contribution in [0.4, 0.5) is 0 Å². The number of nitrogens with zero attached hydrogens (tertiary/aromatic N) is 1. The molecule has 0 amide bonds. The van der Waals surface area contributed by atoms with Gasteiger partial charge in [0.05, 0.1) is 6.26 Å². The Morgan fingerprint density at radius 3 is 2.47 bits per heavy atom. The van der Waals surface area contributed by atoms with Gasteiger partial charge in [0.2, 0.25) is 10.0 Å². The molecule has 17 heavy (non-hydrogen) atoms. The summed E-state index contributed by atoms with van der Waals surface area (Å²) < 4.78 is 29.3. The van der Waals surface area contributed by atoms with E-state index in [0.29, 0.717) is 25.0 Å². The first-order valence-electron chi connectivity index (χ1n) is 6.11. The molecule has 0 aromatic rings. The number of ether oxygens (including phenoxy) is 1. The van der Waals surface area contributed by atoms with Crippen LogP contribution in [0.15, 0.2) is 0 Å². The van der Waals surface area contributed by atoms with Crippen molar-refractivity contribution < 1.29 is 13.2 Å². The highest BCUT2D eigenvalue weighted by Crippen LogP contribution is 2.13. The molecule has 0 radical (unpaired) electrons. The third kappa shape index (κ3) is 5.33. The number of methoxy groups -OCH3 is 1. The Balaban J connectivity index is 2.24. The van der Waals surface area contributed by atoms with E-state index in [4.69, 9.17) is 4.74 Å². The minimum atomic E-state index is -3.00. The van der Waals surface area contributed by atoms with E-state index in [1.165, 1.54) is 6.26 Å². The predicted molar refractivity (Wildman–Crippen MR) is 68.5 cm³/mol. The van der Waals surface area contributed by atoms with E-state index in [1.54, 1.807) is 11.4 Å². The Morgan fingerprint density at radius 2 is 2.00 bits per heavy atom. The van der Waals surface area contributed by atoms with E-state index in [0.717, 1.165) is 26.0 Å². The topological polar surface area (TPSA) is 58.6 Å². The zero-order chi connectivity index (χ0) is 12.9. The quantitative estimate of drug-likeness (QED) is 0.749. The summed E-state index contributed by atoms with van der Waals surface area (Å²) in [6.07, 6.45) is 3.07. The zero-order valence-electron chi connectivity index (χ0n) is 11.0. The molecule has 1 atom stereocenters. The molecule has 6 heteroatoms. The van der Waals surface area contributed by atoms with Crippen LogP contribution in [-0.2, 0) is 14.8 Å². The van der Waals surface area contributed by atoms with Crippen LogP contribution in [-0.4, -0.2) is 58.4 Å². The fourth-order valence-corrected chi connectivity index (χ4v) is 2.98. The van der Waals surface area contributed by atoms with Crippen LogP contribution in [0.1, 0.15) is 19.8 Å². The number of nitrogens with one attached hydrogen (secondary N) is 1. The molecule has 1 rings (SSSR count). The Morgan fingerprint density at radius 1 is 1.41 bits per heavy atom. The van der Waals surface area contributed by atoms with Crippen LogP contribution in [0.25, 0.3) is 0 Å². The van der Waals surface area contributed by atoms with Gasteiger partial charge in [-0.05, 0) is 18.8 Å². The second-order valence-corrected chi connectivity index (χ2v) is 6.89. The van der Waals surface area contributed by atoms with E-state index < -0.39 is 10.0 Å². The molecule has 0 aliphatic carbocycles. The van der Waals surface area contributed by atoms with Gasteiger partial charge >= 0.3 is 0 Å². The van der Waals surface area contributed by atoms with Crippen molar-refractivity contribution in [2.75, 3.05) is 39.6 Å². The van der Waals surface area contributed by atoms with Gasteiger partial charge in [-0.15, -0.1) is 0 Å². The highest BCUT2D eigenvalue weighted by molar-refractivity contribution is 7.88. The van der Waals surface area contributed by atoms with E-state index >= 15 is 0 Å². The predicted octanol–water partition coefficient (Wildman–Crippen LogP) is 0.283. The van der Waals surface area contributed by atoms with Crippen LogP contribution < -0.4 is 5.32 Å². The molecule has 5 nitrogen and oxygen atoms in total. The summed E-state index contributed by atoms with van der Waals surface area (Å²) in [5.74, 6) is 0.493. The Bertz CT molecular complexity index is 311. The van der Waals surface area contributed by atoms with Crippen LogP contribution in [0.5, 0.6) is 0 Å². The fourth-order valence-electron chi connectivity index (χ4n) is 2.10. The summed E-state index contributed by atoms with van der Waals surface area (Å²) in [7, 11) is -1.29. The highest BCUT2D eigenvalue weighted by atomic mass is 32.2. The Labute approximate surface area is 105 Å². The van der Waals surface area contributed by atoms with Gasteiger partial charge in [0.1, 0.15) is 0 Å². The van der Waals surface area contributed by atoms with Gasteiger partial charge in [-0.3, -0.25) is 0 Å². The van der Waals surface area contributed by atoms with Crippen LogP contribution >= 0.6 is 0 Å². The lowest BCUT2D eigenvalue weighted by Gasteiger charge is -2.31. The second-order valence-electron chi connectivity index (χ2n) is 4.91. The van der Waals surface area contributed by atoms with Gasteiger partial charge in [0, 0.05) is 39.4 Å². The molecule has 0 bridgehead atoms. The average Bonchev–Trinajstić information content (AvgIpc) is 2.26. The molecule has 1 N–H and O–H groups in total. The monoisotopic (exact) mass is 264 g/mol. The maximum absolute atomic E-state index is 11.3. The highest BCUT2D eigenvalue weighted by Gasteiger charge is 2.24. The first-order chi connectivity index (χ1) is 7.93. The summed E-state index contributed by atoms with van der Waals surface area (Å²) in [5, 5.41) is 3.48. The molecule has 1 unspecified atom stereocenters. The van der Waals surface area contributed by atoms with E-state index in [1.807, 2.05) is 0 Å². The van der Waals surface area contributed by atoms with Gasteiger partial charge < -0.3 is 10.1 Å². The van der Waals surface area contributed by atoms with Crippen LogP contribution in [0.3, 0.4) is 0 Å². The summed E-state index contributed by atoms with van der Waals surface area (Å²) >= 11 is 0. The van der Waals surface area contributed by atoms with E-state index in [2.05, 4.69) is 12.2 Å². The number of rotatable bonds is 6. The zero-order valence-corrected chi connectivity index (χ0v) is 11.8. The summed E-state index contributed by atoms with van der Waals surface area (Å²) in [6, 6.07) is 0.437. The van der Waals surface area contributed by atoms with Crippen molar-refractivity contribution in [3.63, 3.8) is 0 Å². The summed E-state index contributed by atoms with van der Waals surface area (Å²) in [5.41, 5.74) is 0. The molecule has 1 fully saturated rings. The van der Waals surface area contributed by atoms with Crippen LogP contribution in [0.2, 0.25) is 0 Å². The molecule has 0 aromatic carbocycles. The molecule has 1 saturated heterocycles. The standard InChI is InChI=1S/C11H24N2O3S/c1-10(9-16-2)8-12-11-4-6-13(7-5-11)17(3,14)15/h10-12H,4-9H2,1-3H3. The van der Waals surface area contributed by atoms with Gasteiger partial charge in [-0.1, -0.05) is 6.92 Å². The average molecular weight is 264 g/mol. The summed E-state index contributed by atoms with van der Waals surface area (Å²) in [4.78, 5) is 0. The third-order valence-electron chi connectivity index (χ3n) is 3.13. The van der Waals surface area contributed by atoms with Crippen molar-refractivity contribution in [2.45, 2.75) is 25.8 Å². The molecule has 102 valence electrons. The van der Waals surface area contributed by atoms with Gasteiger partial charge in [-0.2, -0.15) is 0 Å². The molecular weight excluding hydrogens is 240 g/mol. The molecule has 1 aliphatic rings. The van der Waals surface area contributed by atoms with Crippen molar-refractivity contribution >= 4 is 10.0 Å². The SMILES string of the molecule is COCC(C)CNC1CCN(S(C)(=O)=O)CC1. The normalized spacial score (nSPS) is 21.6. The lowest BCUT2D eigenvalue weighted by atomic mass is 10.1.